The van der Waals surface area contributed by atoms with Crippen molar-refractivity contribution in [2.45, 2.75) is 33.2 Å². The van der Waals surface area contributed by atoms with Gasteiger partial charge in [-0.2, -0.15) is 18.3 Å². The van der Waals surface area contributed by atoms with Gasteiger partial charge in [0.05, 0.1) is 16.3 Å². The van der Waals surface area contributed by atoms with Crippen molar-refractivity contribution in [3.8, 4) is 16.9 Å². The van der Waals surface area contributed by atoms with Crippen LogP contribution >= 0.6 is 11.3 Å². The summed E-state index contributed by atoms with van der Waals surface area (Å²) in [6.07, 6.45) is -3.22. The molecule has 4 aromatic heterocycles. The minimum atomic E-state index is -4.79. The predicted molar refractivity (Wildman–Crippen MR) is 149 cm³/mol. The van der Waals surface area contributed by atoms with Crippen molar-refractivity contribution in [1.82, 2.24) is 14.8 Å². The van der Waals surface area contributed by atoms with Crippen LogP contribution in [0.5, 0.6) is 5.75 Å². The number of alkyl halides is 3. The van der Waals surface area contributed by atoms with Gasteiger partial charge < -0.3 is 20.2 Å². The number of nitro benzene ring substituents is 1. The van der Waals surface area contributed by atoms with E-state index in [2.05, 4.69) is 15.4 Å². The number of hydrogen-bond donors (Lipinski definition) is 2. The van der Waals surface area contributed by atoms with Crippen molar-refractivity contribution >= 4 is 44.7 Å². The van der Waals surface area contributed by atoms with Gasteiger partial charge in [0.1, 0.15) is 33.5 Å². The number of nitrogens with two attached hydrogens (primary N) is 1. The smallest absolute Gasteiger partial charge is 0.433 e. The summed E-state index contributed by atoms with van der Waals surface area (Å²) in [7, 11) is 0. The van der Waals surface area contributed by atoms with Crippen LogP contribution in [0, 0.1) is 17.0 Å². The van der Waals surface area contributed by atoms with E-state index in [0.29, 0.717) is 34.9 Å². The van der Waals surface area contributed by atoms with E-state index in [0.717, 1.165) is 6.07 Å². The van der Waals surface area contributed by atoms with E-state index >= 15 is 0 Å². The van der Waals surface area contributed by atoms with Gasteiger partial charge in [-0.15, -0.1) is 11.3 Å². The van der Waals surface area contributed by atoms with Crippen LogP contribution < -0.4 is 15.8 Å². The summed E-state index contributed by atoms with van der Waals surface area (Å²) >= 11 is 0.620. The van der Waals surface area contributed by atoms with Gasteiger partial charge in [-0.3, -0.25) is 24.4 Å². The summed E-state index contributed by atoms with van der Waals surface area (Å²) in [4.78, 5) is 39.3. The standard InChI is InChI=1S/C27H21F3N6O6S/c1-3-35-11-18(13(2)34-35)17-10-20(27(28,29)30)32-26-21(17)22(23(43-26)24(31)37)33-25(38)19-9-8-16(42-19)12-41-15-6-4-14(5-7-15)36(39)40/h4-11H,3,12H2,1-2H3,(H2,31,37)(H,33,38). The summed E-state index contributed by atoms with van der Waals surface area (Å²) in [5.74, 6) is -1.42. The van der Waals surface area contributed by atoms with Crippen LogP contribution in [0.4, 0.5) is 24.5 Å². The number of rotatable bonds is 9. The lowest BCUT2D eigenvalue weighted by Gasteiger charge is -2.11. The van der Waals surface area contributed by atoms with E-state index in [4.69, 9.17) is 14.9 Å². The topological polar surface area (TPSA) is 168 Å². The normalized spacial score (nSPS) is 11.6. The summed E-state index contributed by atoms with van der Waals surface area (Å²) < 4.78 is 54.1. The molecule has 0 aliphatic rings. The van der Waals surface area contributed by atoms with Gasteiger partial charge in [0.2, 0.25) is 0 Å². The van der Waals surface area contributed by atoms with E-state index in [1.165, 1.54) is 36.4 Å². The Kier molecular flexibility index (Phi) is 7.62. The molecule has 16 heteroatoms. The number of nitro groups is 1. The largest absolute Gasteiger partial charge is 0.486 e. The Morgan fingerprint density at radius 3 is 2.51 bits per heavy atom. The van der Waals surface area contributed by atoms with Crippen molar-refractivity contribution in [2.24, 2.45) is 5.73 Å². The molecule has 4 heterocycles. The molecular weight excluding hydrogens is 593 g/mol. The van der Waals surface area contributed by atoms with Gasteiger partial charge in [0.15, 0.2) is 5.76 Å². The average molecular weight is 615 g/mol. The number of nitrogens with one attached hydrogen (secondary N) is 1. The van der Waals surface area contributed by atoms with Crippen LogP contribution in [0.25, 0.3) is 21.3 Å². The van der Waals surface area contributed by atoms with E-state index in [-0.39, 0.29) is 50.2 Å². The van der Waals surface area contributed by atoms with Gasteiger partial charge >= 0.3 is 6.18 Å². The number of ether oxygens (including phenoxy) is 1. The molecule has 2 amide bonds. The summed E-state index contributed by atoms with van der Waals surface area (Å²) in [5, 5.41) is 17.8. The van der Waals surface area contributed by atoms with Crippen LogP contribution in [-0.4, -0.2) is 31.5 Å². The van der Waals surface area contributed by atoms with Crippen LogP contribution in [0.1, 0.15) is 44.3 Å². The molecule has 12 nitrogen and oxygen atoms in total. The molecule has 0 bridgehead atoms. The Bertz CT molecular complexity index is 1880. The highest BCUT2D eigenvalue weighted by Crippen LogP contribution is 2.44. The second-order valence-electron chi connectivity index (χ2n) is 9.15. The predicted octanol–water partition coefficient (Wildman–Crippen LogP) is 5.94. The zero-order valence-electron chi connectivity index (χ0n) is 22.4. The van der Waals surface area contributed by atoms with Crippen molar-refractivity contribution in [2.75, 3.05) is 5.32 Å². The molecule has 0 aliphatic heterocycles. The Morgan fingerprint density at radius 1 is 1.19 bits per heavy atom. The number of furan rings is 1. The number of carbonyl (C=O) groups is 2. The quantitative estimate of drug-likeness (QED) is 0.152. The first-order chi connectivity index (χ1) is 20.3. The number of aromatic nitrogens is 3. The summed E-state index contributed by atoms with van der Waals surface area (Å²) in [6.45, 7) is 3.78. The maximum absolute atomic E-state index is 13.8. The molecule has 0 radical (unpaired) electrons. The third kappa shape index (κ3) is 5.90. The molecule has 5 rings (SSSR count). The number of hydrogen-bond acceptors (Lipinski definition) is 9. The van der Waals surface area contributed by atoms with Gasteiger partial charge in [-0.25, -0.2) is 4.98 Å². The van der Waals surface area contributed by atoms with Crippen LogP contribution in [-0.2, 0) is 19.3 Å². The fraction of sp³-hybridized carbons (Fsp3) is 0.185. The number of fused-ring (bicyclic) bond motifs is 1. The lowest BCUT2D eigenvalue weighted by atomic mass is 10.0. The number of pyridine rings is 1. The molecule has 0 saturated carbocycles. The van der Waals surface area contributed by atoms with Crippen molar-refractivity contribution in [1.29, 1.82) is 0 Å². The zero-order valence-corrected chi connectivity index (χ0v) is 23.2. The number of halogens is 3. The van der Waals surface area contributed by atoms with Gasteiger partial charge in [0.25, 0.3) is 17.5 Å². The first-order valence-corrected chi connectivity index (χ1v) is 13.3. The van der Waals surface area contributed by atoms with E-state index in [1.807, 2.05) is 6.92 Å². The van der Waals surface area contributed by atoms with Crippen molar-refractivity contribution < 1.29 is 36.8 Å². The number of non-ortho nitro benzene ring substituents is 1. The van der Waals surface area contributed by atoms with Crippen LogP contribution in [0.3, 0.4) is 0 Å². The van der Waals surface area contributed by atoms with Crippen molar-refractivity contribution in [3.05, 3.63) is 86.6 Å². The highest BCUT2D eigenvalue weighted by molar-refractivity contribution is 7.21. The van der Waals surface area contributed by atoms with Gasteiger partial charge in [-0.1, -0.05) is 0 Å². The summed E-state index contributed by atoms with van der Waals surface area (Å²) in [5.41, 5.74) is 5.00. The van der Waals surface area contributed by atoms with E-state index in [9.17, 15) is 32.9 Å². The maximum atomic E-state index is 13.8. The fourth-order valence-corrected chi connectivity index (χ4v) is 5.27. The third-order valence-electron chi connectivity index (χ3n) is 6.29. The Labute approximate surface area is 244 Å². The molecule has 3 N–H and O–H groups in total. The van der Waals surface area contributed by atoms with Crippen LogP contribution in [0.15, 0.2) is 53.1 Å². The molecule has 0 saturated heterocycles. The first kappa shape index (κ1) is 29.2. The fourth-order valence-electron chi connectivity index (χ4n) is 4.26. The zero-order chi connectivity index (χ0) is 31.1. The third-order valence-corrected chi connectivity index (χ3v) is 7.39. The first-order valence-electron chi connectivity index (χ1n) is 12.5. The van der Waals surface area contributed by atoms with Gasteiger partial charge in [-0.05, 0) is 49.7 Å². The molecule has 0 aliphatic carbocycles. The SMILES string of the molecule is CCn1cc(-c2cc(C(F)(F)F)nc3sc(C(N)=O)c(NC(=O)c4ccc(COc5ccc([N+](=O)[O-])cc5)o4)c23)c(C)n1. The lowest BCUT2D eigenvalue weighted by molar-refractivity contribution is -0.384. The second-order valence-corrected chi connectivity index (χ2v) is 10.1. The maximum Gasteiger partial charge on any atom is 0.433 e. The number of amides is 2. The lowest BCUT2D eigenvalue weighted by Crippen LogP contribution is -2.16. The highest BCUT2D eigenvalue weighted by atomic mass is 32.1. The minimum absolute atomic E-state index is 0.0604. The van der Waals surface area contributed by atoms with E-state index < -0.39 is 28.6 Å². The summed E-state index contributed by atoms with van der Waals surface area (Å²) in [6, 6.07) is 9.01. The van der Waals surface area contributed by atoms with Crippen LogP contribution in [0.2, 0.25) is 0 Å². The Hall–Kier alpha value is -5.25. The number of aryl methyl sites for hydroxylation is 2. The molecule has 0 atom stereocenters. The number of nitrogens with zero attached hydrogens (tertiary/aromatic N) is 4. The van der Waals surface area contributed by atoms with Gasteiger partial charge in [0, 0.05) is 35.8 Å². The second kappa shape index (κ2) is 11.2. The molecule has 222 valence electrons. The number of benzene rings is 1. The molecule has 0 unspecified atom stereocenters. The number of carbonyl (C=O) groups excluding carboxylic acids is 2. The number of thiophene rings is 1. The average Bonchev–Trinajstić information content (AvgIpc) is 3.68. The number of anilines is 1. The Balaban J connectivity index is 1.49. The molecule has 1 aromatic carbocycles. The minimum Gasteiger partial charge on any atom is -0.486 e. The molecule has 0 spiro atoms. The van der Waals surface area contributed by atoms with Crippen molar-refractivity contribution in [3.63, 3.8) is 0 Å². The van der Waals surface area contributed by atoms with E-state index in [1.54, 1.807) is 17.8 Å². The molecular formula is C27H21F3N6O6S. The monoisotopic (exact) mass is 614 g/mol. The molecule has 5 aromatic rings. The Morgan fingerprint density at radius 2 is 1.91 bits per heavy atom. The number of primary amides is 1. The molecule has 0 fully saturated rings. The molecule has 43 heavy (non-hydrogen) atoms. The highest BCUT2D eigenvalue weighted by Gasteiger charge is 2.35.